The third-order valence-corrected chi connectivity index (χ3v) is 5.39. The van der Waals surface area contributed by atoms with Crippen LogP contribution >= 0.6 is 11.3 Å². The van der Waals surface area contributed by atoms with E-state index in [9.17, 15) is 9.59 Å². The predicted molar refractivity (Wildman–Crippen MR) is 111 cm³/mol. The van der Waals surface area contributed by atoms with Gasteiger partial charge in [-0.1, -0.05) is 17.4 Å². The van der Waals surface area contributed by atoms with E-state index in [2.05, 4.69) is 4.99 Å². The fraction of sp³-hybridized carbons (Fsp3) is 0.286. The number of thiazole rings is 1. The summed E-state index contributed by atoms with van der Waals surface area (Å²) in [4.78, 5) is 29.9. The Labute approximate surface area is 172 Å². The highest BCUT2D eigenvalue weighted by atomic mass is 32.1. The molecule has 0 unspecified atom stereocenters. The first-order chi connectivity index (χ1) is 14.0. The lowest BCUT2D eigenvalue weighted by atomic mass is 10.1. The second kappa shape index (κ2) is 8.91. The summed E-state index contributed by atoms with van der Waals surface area (Å²) in [5, 5.41) is 0. The van der Waals surface area contributed by atoms with Crippen LogP contribution in [-0.2, 0) is 11.3 Å². The molecule has 8 heteroatoms. The Morgan fingerprint density at radius 3 is 2.34 bits per heavy atom. The van der Waals surface area contributed by atoms with Crippen LogP contribution in [0.25, 0.3) is 10.2 Å². The standard InChI is InChI=1S/C21H22N2O5S/c1-5-23-14-11-10-13(20(25)28-6-2)12-17(14)29-21(23)22-19(24)18-15(26-3)8-7-9-16(18)27-4/h7-12H,5-6H2,1-4H3. The number of carbonyl (C=O) groups is 2. The zero-order valence-electron chi connectivity index (χ0n) is 16.7. The zero-order chi connectivity index (χ0) is 21.0. The summed E-state index contributed by atoms with van der Waals surface area (Å²) >= 11 is 1.33. The minimum atomic E-state index is -0.460. The van der Waals surface area contributed by atoms with E-state index in [-0.39, 0.29) is 11.5 Å². The number of carbonyl (C=O) groups excluding carboxylic acids is 2. The molecule has 29 heavy (non-hydrogen) atoms. The molecule has 0 aliphatic heterocycles. The lowest BCUT2D eigenvalue weighted by Gasteiger charge is -2.09. The fourth-order valence-electron chi connectivity index (χ4n) is 3.01. The van der Waals surface area contributed by atoms with Crippen LogP contribution in [0.4, 0.5) is 0 Å². The molecule has 0 aliphatic carbocycles. The van der Waals surface area contributed by atoms with Gasteiger partial charge in [-0.2, -0.15) is 4.99 Å². The number of fused-ring (bicyclic) bond motifs is 1. The van der Waals surface area contributed by atoms with E-state index in [1.807, 2.05) is 17.6 Å². The molecule has 0 saturated heterocycles. The van der Waals surface area contributed by atoms with Crippen molar-refractivity contribution in [3.63, 3.8) is 0 Å². The smallest absolute Gasteiger partial charge is 0.338 e. The van der Waals surface area contributed by atoms with E-state index in [4.69, 9.17) is 14.2 Å². The summed E-state index contributed by atoms with van der Waals surface area (Å²) in [6, 6.07) is 10.4. The number of benzene rings is 2. The van der Waals surface area contributed by atoms with E-state index in [0.29, 0.717) is 35.0 Å². The number of amides is 1. The predicted octanol–water partition coefficient (Wildman–Crippen LogP) is 3.66. The van der Waals surface area contributed by atoms with Crippen molar-refractivity contribution in [1.29, 1.82) is 0 Å². The van der Waals surface area contributed by atoms with E-state index in [0.717, 1.165) is 10.2 Å². The van der Waals surface area contributed by atoms with Crippen LogP contribution in [0.15, 0.2) is 41.4 Å². The SMILES string of the molecule is CCOC(=O)c1ccc2c(c1)sc(=NC(=O)c1c(OC)cccc1OC)n2CC. The largest absolute Gasteiger partial charge is 0.496 e. The summed E-state index contributed by atoms with van der Waals surface area (Å²) in [6.45, 7) is 4.67. The van der Waals surface area contributed by atoms with Gasteiger partial charge in [0.25, 0.3) is 5.91 Å². The Kier molecular flexibility index (Phi) is 6.33. The summed E-state index contributed by atoms with van der Waals surface area (Å²) in [7, 11) is 2.99. The molecule has 1 amide bonds. The van der Waals surface area contributed by atoms with Gasteiger partial charge in [0.2, 0.25) is 0 Å². The maximum atomic E-state index is 13.0. The number of ether oxygens (including phenoxy) is 3. The number of hydrogen-bond donors (Lipinski definition) is 0. The number of esters is 1. The van der Waals surface area contributed by atoms with Crippen molar-refractivity contribution >= 4 is 33.4 Å². The highest BCUT2D eigenvalue weighted by Crippen LogP contribution is 2.29. The summed E-state index contributed by atoms with van der Waals surface area (Å²) in [5.41, 5.74) is 1.63. The molecular weight excluding hydrogens is 392 g/mol. The number of nitrogens with zero attached hydrogens (tertiary/aromatic N) is 2. The molecule has 1 aromatic heterocycles. The molecule has 0 fully saturated rings. The van der Waals surface area contributed by atoms with Gasteiger partial charge in [-0.05, 0) is 44.2 Å². The highest BCUT2D eigenvalue weighted by molar-refractivity contribution is 7.16. The Morgan fingerprint density at radius 2 is 1.76 bits per heavy atom. The minimum Gasteiger partial charge on any atom is -0.496 e. The molecule has 0 aliphatic rings. The lowest BCUT2D eigenvalue weighted by Crippen LogP contribution is -2.16. The molecule has 0 spiro atoms. The minimum absolute atomic E-state index is 0.268. The number of rotatable bonds is 6. The van der Waals surface area contributed by atoms with Crippen LogP contribution in [0, 0.1) is 0 Å². The number of methoxy groups -OCH3 is 2. The van der Waals surface area contributed by atoms with Crippen LogP contribution in [0.2, 0.25) is 0 Å². The first-order valence-electron chi connectivity index (χ1n) is 9.14. The summed E-state index contributed by atoms with van der Waals surface area (Å²) in [5.74, 6) is -0.0449. The molecule has 1 heterocycles. The molecule has 0 N–H and O–H groups in total. The van der Waals surface area contributed by atoms with E-state index in [1.54, 1.807) is 37.3 Å². The first kappa shape index (κ1) is 20.6. The van der Waals surface area contributed by atoms with Gasteiger partial charge in [0, 0.05) is 6.54 Å². The van der Waals surface area contributed by atoms with Gasteiger partial charge in [0.15, 0.2) is 4.80 Å². The fourth-order valence-corrected chi connectivity index (χ4v) is 4.14. The average Bonchev–Trinajstić information content (AvgIpc) is 3.08. The Hall–Kier alpha value is -3.13. The van der Waals surface area contributed by atoms with Crippen LogP contribution in [-0.4, -0.2) is 37.3 Å². The van der Waals surface area contributed by atoms with Crippen LogP contribution in [0.5, 0.6) is 11.5 Å². The summed E-state index contributed by atoms with van der Waals surface area (Å²) < 4.78 is 18.5. The van der Waals surface area contributed by atoms with Gasteiger partial charge < -0.3 is 18.8 Å². The van der Waals surface area contributed by atoms with E-state index in [1.165, 1.54) is 25.6 Å². The van der Waals surface area contributed by atoms with E-state index >= 15 is 0 Å². The van der Waals surface area contributed by atoms with E-state index < -0.39 is 5.91 Å². The van der Waals surface area contributed by atoms with Crippen LogP contribution < -0.4 is 14.3 Å². The van der Waals surface area contributed by atoms with Crippen LogP contribution in [0.1, 0.15) is 34.6 Å². The second-order valence-electron chi connectivity index (χ2n) is 5.99. The molecule has 3 rings (SSSR count). The maximum absolute atomic E-state index is 13.0. The van der Waals surface area contributed by atoms with Crippen molar-refractivity contribution in [3.8, 4) is 11.5 Å². The molecule has 0 bridgehead atoms. The normalized spacial score (nSPS) is 11.5. The van der Waals surface area contributed by atoms with Crippen molar-refractivity contribution < 1.29 is 23.8 Å². The quantitative estimate of drug-likeness (QED) is 0.575. The second-order valence-corrected chi connectivity index (χ2v) is 7.00. The van der Waals surface area contributed by atoms with Crippen molar-refractivity contribution in [2.75, 3.05) is 20.8 Å². The monoisotopic (exact) mass is 414 g/mol. The molecule has 3 aromatic rings. The molecular formula is C21H22N2O5S. The summed E-state index contributed by atoms with van der Waals surface area (Å²) in [6.07, 6.45) is 0. The van der Waals surface area contributed by atoms with Crippen LogP contribution in [0.3, 0.4) is 0 Å². The third-order valence-electron chi connectivity index (χ3n) is 4.35. The van der Waals surface area contributed by atoms with Gasteiger partial charge >= 0.3 is 5.97 Å². The topological polar surface area (TPSA) is 79.1 Å². The number of aryl methyl sites for hydroxylation is 1. The average molecular weight is 414 g/mol. The van der Waals surface area contributed by atoms with Gasteiger partial charge in [-0.3, -0.25) is 4.79 Å². The Balaban J connectivity index is 2.13. The maximum Gasteiger partial charge on any atom is 0.338 e. The Morgan fingerprint density at radius 1 is 1.07 bits per heavy atom. The first-order valence-corrected chi connectivity index (χ1v) is 9.96. The molecule has 2 aromatic carbocycles. The van der Waals surface area contributed by atoms with Crippen molar-refractivity contribution in [3.05, 3.63) is 52.3 Å². The van der Waals surface area contributed by atoms with Gasteiger partial charge in [-0.15, -0.1) is 0 Å². The van der Waals surface area contributed by atoms with Crippen molar-refractivity contribution in [2.24, 2.45) is 4.99 Å². The molecule has 0 saturated carbocycles. The van der Waals surface area contributed by atoms with Gasteiger partial charge in [-0.25, -0.2) is 4.79 Å². The van der Waals surface area contributed by atoms with Crippen molar-refractivity contribution in [2.45, 2.75) is 20.4 Å². The molecule has 152 valence electrons. The third kappa shape index (κ3) is 4.02. The van der Waals surface area contributed by atoms with Crippen molar-refractivity contribution in [1.82, 2.24) is 4.57 Å². The molecule has 0 atom stereocenters. The number of hydrogen-bond acceptors (Lipinski definition) is 6. The Bertz CT molecular complexity index is 1110. The number of aromatic nitrogens is 1. The zero-order valence-corrected chi connectivity index (χ0v) is 17.5. The highest BCUT2D eigenvalue weighted by Gasteiger charge is 2.18. The molecule has 7 nitrogen and oxygen atoms in total. The lowest BCUT2D eigenvalue weighted by molar-refractivity contribution is 0.0526. The van der Waals surface area contributed by atoms with Gasteiger partial charge in [0.05, 0.1) is 36.6 Å². The van der Waals surface area contributed by atoms with Gasteiger partial charge in [0.1, 0.15) is 17.1 Å². The molecule has 0 radical (unpaired) electrons.